The van der Waals surface area contributed by atoms with Crippen molar-refractivity contribution in [2.45, 2.75) is 19.9 Å². The van der Waals surface area contributed by atoms with Gasteiger partial charge in [-0.3, -0.25) is 13.8 Å². The normalized spacial score (nSPS) is 13.5. The second-order valence-corrected chi connectivity index (χ2v) is 4.80. The van der Waals surface area contributed by atoms with Crippen LogP contribution in [0.15, 0.2) is 0 Å². The molecular formula is C9H16N2O5S. The Bertz CT molecular complexity index is 331. The van der Waals surface area contributed by atoms with Crippen molar-refractivity contribution in [2.75, 3.05) is 18.1 Å². The lowest BCUT2D eigenvalue weighted by Gasteiger charge is -2.12. The lowest BCUT2D eigenvalue weighted by atomic mass is 10.3. The van der Waals surface area contributed by atoms with Crippen LogP contribution < -0.4 is 10.6 Å². The number of hydrogen-bond donors (Lipinski definition) is 3. The molecule has 17 heavy (non-hydrogen) atoms. The van der Waals surface area contributed by atoms with Crippen LogP contribution in [0, 0.1) is 0 Å². The third kappa shape index (κ3) is 7.45. The summed E-state index contributed by atoms with van der Waals surface area (Å²) < 4.78 is 11.5. The number of carboxylic acids is 1. The summed E-state index contributed by atoms with van der Waals surface area (Å²) in [5.41, 5.74) is 0. The zero-order valence-corrected chi connectivity index (χ0v) is 10.5. The van der Waals surface area contributed by atoms with Gasteiger partial charge in [-0.25, -0.2) is 4.79 Å². The Hall–Kier alpha value is -1.44. The van der Waals surface area contributed by atoms with Crippen LogP contribution in [0.2, 0.25) is 0 Å². The molecule has 0 fully saturated rings. The highest BCUT2D eigenvalue weighted by atomic mass is 32.2. The maximum atomic E-state index is 11.5. The minimum atomic E-state index is -1.63. The predicted molar refractivity (Wildman–Crippen MR) is 61.8 cm³/mol. The number of carbonyl (C=O) groups is 3. The third-order valence-electron chi connectivity index (χ3n) is 1.69. The van der Waals surface area contributed by atoms with E-state index in [9.17, 15) is 18.6 Å². The average molecular weight is 264 g/mol. The van der Waals surface area contributed by atoms with Crippen LogP contribution in [0.4, 0.5) is 0 Å². The van der Waals surface area contributed by atoms with E-state index in [1.165, 1.54) is 6.92 Å². The summed E-state index contributed by atoms with van der Waals surface area (Å²) in [4.78, 5) is 32.5. The molecule has 7 nitrogen and oxygen atoms in total. The van der Waals surface area contributed by atoms with Crippen molar-refractivity contribution in [1.29, 1.82) is 0 Å². The summed E-state index contributed by atoms with van der Waals surface area (Å²) in [5, 5.41) is 13.4. The summed E-state index contributed by atoms with van der Waals surface area (Å²) in [6.07, 6.45) is 0. The molecule has 0 rings (SSSR count). The van der Waals surface area contributed by atoms with E-state index in [-0.39, 0.29) is 11.5 Å². The van der Waals surface area contributed by atoms with Gasteiger partial charge in [0, 0.05) is 24.3 Å². The van der Waals surface area contributed by atoms with E-state index in [0.717, 1.165) is 0 Å². The van der Waals surface area contributed by atoms with E-state index in [2.05, 4.69) is 10.6 Å². The molecule has 0 spiro atoms. The van der Waals surface area contributed by atoms with Gasteiger partial charge in [-0.2, -0.15) is 0 Å². The first-order valence-corrected chi connectivity index (χ1v) is 6.47. The minimum absolute atomic E-state index is 0.267. The van der Waals surface area contributed by atoms with Crippen LogP contribution in [0.5, 0.6) is 0 Å². The predicted octanol–water partition coefficient (Wildman–Crippen LogP) is -1.54. The molecule has 0 aliphatic carbocycles. The number of carboxylic acid groups (broad SMARTS) is 1. The van der Waals surface area contributed by atoms with Gasteiger partial charge in [-0.1, -0.05) is 0 Å². The number of rotatable bonds is 7. The molecule has 0 aliphatic rings. The Morgan fingerprint density at radius 2 is 1.94 bits per heavy atom. The maximum Gasteiger partial charge on any atom is 0.327 e. The lowest BCUT2D eigenvalue weighted by molar-refractivity contribution is -0.140. The molecule has 0 saturated carbocycles. The fraction of sp³-hybridized carbons (Fsp3) is 0.667. The van der Waals surface area contributed by atoms with Gasteiger partial charge in [-0.15, -0.1) is 0 Å². The molecule has 3 N–H and O–H groups in total. The van der Waals surface area contributed by atoms with Gasteiger partial charge < -0.3 is 15.7 Å². The summed E-state index contributed by atoms with van der Waals surface area (Å²) in [6, 6.07) is -1.23. The first-order valence-electron chi connectivity index (χ1n) is 4.98. The zero-order valence-electron chi connectivity index (χ0n) is 9.69. The fourth-order valence-corrected chi connectivity index (χ4v) is 2.17. The van der Waals surface area contributed by atoms with E-state index >= 15 is 0 Å². The topological polar surface area (TPSA) is 113 Å². The Labute approximate surface area is 101 Å². The van der Waals surface area contributed by atoms with E-state index in [1.54, 1.807) is 6.92 Å². The molecule has 0 aromatic rings. The van der Waals surface area contributed by atoms with Crippen LogP contribution in [-0.4, -0.2) is 51.2 Å². The van der Waals surface area contributed by atoms with Crippen molar-refractivity contribution in [3.05, 3.63) is 0 Å². The molecule has 8 heteroatoms. The van der Waals surface area contributed by atoms with Crippen molar-refractivity contribution in [3.8, 4) is 0 Å². The second-order valence-electron chi connectivity index (χ2n) is 3.30. The van der Waals surface area contributed by atoms with E-state index in [0.29, 0.717) is 6.54 Å². The number of hydrogen-bond acceptors (Lipinski definition) is 4. The number of nitrogens with one attached hydrogen (secondary N) is 2. The molecule has 2 unspecified atom stereocenters. The Kier molecular flexibility index (Phi) is 7.11. The van der Waals surface area contributed by atoms with Gasteiger partial charge in [-0.05, 0) is 6.92 Å². The van der Waals surface area contributed by atoms with Crippen LogP contribution in [0.1, 0.15) is 13.8 Å². The van der Waals surface area contributed by atoms with Gasteiger partial charge in [0.1, 0.15) is 11.8 Å². The standard InChI is InChI=1S/C9H16N2O5S/c1-3-10-8(13)5-17(16)4-7(9(14)15)11-6(2)12/h7H,3-5H2,1-2H3,(H,10,13)(H,11,12)(H,14,15). The first kappa shape index (κ1) is 15.6. The maximum absolute atomic E-state index is 11.5. The van der Waals surface area contributed by atoms with Gasteiger partial charge >= 0.3 is 5.97 Å². The molecule has 2 amide bonds. The first-order chi connectivity index (χ1) is 7.86. The van der Waals surface area contributed by atoms with Crippen molar-refractivity contribution < 1.29 is 23.7 Å². The molecule has 0 heterocycles. The summed E-state index contributed by atoms with van der Waals surface area (Å²) in [5.74, 6) is -2.75. The number of amides is 2. The molecule has 0 saturated heterocycles. The second kappa shape index (κ2) is 7.77. The molecule has 0 aromatic heterocycles. The summed E-state index contributed by atoms with van der Waals surface area (Å²) in [6.45, 7) is 3.31. The highest BCUT2D eigenvalue weighted by Gasteiger charge is 2.22. The van der Waals surface area contributed by atoms with Gasteiger partial charge in [0.05, 0.1) is 5.75 Å². The van der Waals surface area contributed by atoms with Gasteiger partial charge in [0.15, 0.2) is 0 Å². The largest absolute Gasteiger partial charge is 0.480 e. The number of aliphatic carboxylic acids is 1. The number of carbonyl (C=O) groups excluding carboxylic acids is 2. The monoisotopic (exact) mass is 264 g/mol. The molecule has 2 atom stereocenters. The quantitative estimate of drug-likeness (QED) is 0.516. The molecule has 98 valence electrons. The summed E-state index contributed by atoms with van der Waals surface area (Å²) >= 11 is 0. The Morgan fingerprint density at radius 3 is 2.35 bits per heavy atom. The molecule has 0 radical (unpaired) electrons. The van der Waals surface area contributed by atoms with Crippen molar-refractivity contribution in [1.82, 2.24) is 10.6 Å². The smallest absolute Gasteiger partial charge is 0.327 e. The molecule has 0 aromatic carbocycles. The van der Waals surface area contributed by atoms with E-state index in [1.807, 2.05) is 0 Å². The molecule has 0 bridgehead atoms. The SMILES string of the molecule is CCNC(=O)CS(=O)CC(NC(C)=O)C(=O)O. The molecular weight excluding hydrogens is 248 g/mol. The van der Waals surface area contributed by atoms with Crippen molar-refractivity contribution >= 4 is 28.6 Å². The van der Waals surface area contributed by atoms with Crippen LogP contribution in [0.3, 0.4) is 0 Å². The van der Waals surface area contributed by atoms with Crippen molar-refractivity contribution in [2.24, 2.45) is 0 Å². The van der Waals surface area contributed by atoms with Crippen molar-refractivity contribution in [3.63, 3.8) is 0 Å². The highest BCUT2D eigenvalue weighted by molar-refractivity contribution is 7.85. The average Bonchev–Trinajstić information content (AvgIpc) is 2.15. The minimum Gasteiger partial charge on any atom is -0.480 e. The highest BCUT2D eigenvalue weighted by Crippen LogP contribution is 1.92. The molecule has 0 aliphatic heterocycles. The zero-order chi connectivity index (χ0) is 13.4. The summed E-state index contributed by atoms with van der Waals surface area (Å²) in [7, 11) is -1.63. The van der Waals surface area contributed by atoms with Gasteiger partial charge in [0.2, 0.25) is 11.8 Å². The van der Waals surface area contributed by atoms with Crippen LogP contribution in [-0.2, 0) is 25.2 Å². The lowest BCUT2D eigenvalue weighted by Crippen LogP contribution is -2.44. The van der Waals surface area contributed by atoms with Crippen LogP contribution >= 0.6 is 0 Å². The Balaban J connectivity index is 4.26. The fourth-order valence-electron chi connectivity index (χ4n) is 1.06. The third-order valence-corrected chi connectivity index (χ3v) is 2.98. The van der Waals surface area contributed by atoms with E-state index in [4.69, 9.17) is 5.11 Å². The van der Waals surface area contributed by atoms with Crippen LogP contribution in [0.25, 0.3) is 0 Å². The van der Waals surface area contributed by atoms with Gasteiger partial charge in [0.25, 0.3) is 0 Å². The van der Waals surface area contributed by atoms with E-state index < -0.39 is 34.6 Å². The Morgan fingerprint density at radius 1 is 1.35 bits per heavy atom.